The Labute approximate surface area is 113 Å². The van der Waals surface area contributed by atoms with E-state index in [1.54, 1.807) is 36.2 Å². The van der Waals surface area contributed by atoms with Crippen molar-refractivity contribution >= 4 is 11.8 Å². The molecule has 0 bridgehead atoms. The monoisotopic (exact) mass is 263 g/mol. The van der Waals surface area contributed by atoms with Gasteiger partial charge in [0.15, 0.2) is 0 Å². The molecule has 1 aromatic carbocycles. The van der Waals surface area contributed by atoms with Gasteiger partial charge in [0.25, 0.3) is 5.91 Å². The third-order valence-electron chi connectivity index (χ3n) is 2.98. The molecule has 0 spiro atoms. The van der Waals surface area contributed by atoms with E-state index in [2.05, 4.69) is 0 Å². The van der Waals surface area contributed by atoms with Crippen molar-refractivity contribution < 1.29 is 9.59 Å². The Morgan fingerprint density at radius 2 is 1.63 bits per heavy atom. The molecule has 0 atom stereocenters. The van der Waals surface area contributed by atoms with Crippen LogP contribution < -0.4 is 11.5 Å². The summed E-state index contributed by atoms with van der Waals surface area (Å²) >= 11 is 0. The van der Waals surface area contributed by atoms with Crippen molar-refractivity contribution in [1.82, 2.24) is 4.90 Å². The standard InChI is InChI=1S/C14H21N3O2/c1-14(2,8-15)9-17(3)13(19)11-6-4-10(5-7-11)12(16)18/h4-7H,8-9,15H2,1-3H3,(H2,16,18). The van der Waals surface area contributed by atoms with E-state index in [1.807, 2.05) is 13.8 Å². The first-order chi connectivity index (χ1) is 8.76. The van der Waals surface area contributed by atoms with E-state index in [9.17, 15) is 9.59 Å². The molecule has 0 fully saturated rings. The molecule has 0 saturated heterocycles. The molecule has 0 radical (unpaired) electrons. The molecule has 0 aliphatic heterocycles. The lowest BCUT2D eigenvalue weighted by Crippen LogP contribution is -2.39. The third-order valence-corrected chi connectivity index (χ3v) is 2.98. The molecule has 0 aliphatic rings. The predicted molar refractivity (Wildman–Crippen MR) is 74.8 cm³/mol. The van der Waals surface area contributed by atoms with Gasteiger partial charge < -0.3 is 16.4 Å². The zero-order valence-corrected chi connectivity index (χ0v) is 11.6. The summed E-state index contributed by atoms with van der Waals surface area (Å²) in [6, 6.07) is 6.32. The first kappa shape index (κ1) is 15.2. The molecular formula is C14H21N3O2. The number of amides is 2. The number of primary amides is 1. The average molecular weight is 263 g/mol. The van der Waals surface area contributed by atoms with E-state index >= 15 is 0 Å². The van der Waals surface area contributed by atoms with Gasteiger partial charge in [0.1, 0.15) is 0 Å². The Morgan fingerprint density at radius 1 is 1.16 bits per heavy atom. The van der Waals surface area contributed by atoms with Gasteiger partial charge in [-0.1, -0.05) is 13.8 Å². The molecule has 4 N–H and O–H groups in total. The maximum Gasteiger partial charge on any atom is 0.253 e. The lowest BCUT2D eigenvalue weighted by molar-refractivity contribution is 0.0740. The quantitative estimate of drug-likeness (QED) is 0.825. The summed E-state index contributed by atoms with van der Waals surface area (Å²) in [7, 11) is 1.74. The molecule has 5 nitrogen and oxygen atoms in total. The fourth-order valence-corrected chi connectivity index (χ4v) is 1.78. The zero-order valence-electron chi connectivity index (χ0n) is 11.6. The highest BCUT2D eigenvalue weighted by atomic mass is 16.2. The largest absolute Gasteiger partial charge is 0.366 e. The Hall–Kier alpha value is -1.88. The molecule has 0 unspecified atom stereocenters. The highest BCUT2D eigenvalue weighted by molar-refractivity contribution is 5.97. The summed E-state index contributed by atoms with van der Waals surface area (Å²) in [6.45, 7) is 5.09. The first-order valence-corrected chi connectivity index (χ1v) is 6.12. The number of carbonyl (C=O) groups is 2. The molecule has 104 valence electrons. The molecule has 0 aromatic heterocycles. The van der Waals surface area contributed by atoms with E-state index in [4.69, 9.17) is 11.5 Å². The normalized spacial score (nSPS) is 11.2. The number of carbonyl (C=O) groups excluding carboxylic acids is 2. The van der Waals surface area contributed by atoms with Crippen LogP contribution in [-0.2, 0) is 0 Å². The number of hydrogen-bond donors (Lipinski definition) is 2. The summed E-state index contributed by atoms with van der Waals surface area (Å²) in [6.07, 6.45) is 0. The van der Waals surface area contributed by atoms with Crippen LogP contribution in [0.15, 0.2) is 24.3 Å². The molecule has 0 saturated carbocycles. The van der Waals surface area contributed by atoms with Gasteiger partial charge in [-0.2, -0.15) is 0 Å². The molecule has 0 heterocycles. The van der Waals surface area contributed by atoms with Crippen molar-refractivity contribution in [3.8, 4) is 0 Å². The van der Waals surface area contributed by atoms with Crippen molar-refractivity contribution in [2.24, 2.45) is 16.9 Å². The van der Waals surface area contributed by atoms with Gasteiger partial charge in [0.05, 0.1) is 0 Å². The van der Waals surface area contributed by atoms with Crippen LogP contribution >= 0.6 is 0 Å². The number of benzene rings is 1. The van der Waals surface area contributed by atoms with Crippen molar-refractivity contribution in [3.63, 3.8) is 0 Å². The van der Waals surface area contributed by atoms with E-state index < -0.39 is 5.91 Å². The maximum absolute atomic E-state index is 12.2. The van der Waals surface area contributed by atoms with Crippen molar-refractivity contribution in [2.45, 2.75) is 13.8 Å². The van der Waals surface area contributed by atoms with Gasteiger partial charge >= 0.3 is 0 Å². The van der Waals surface area contributed by atoms with Gasteiger partial charge in [-0.3, -0.25) is 9.59 Å². The minimum Gasteiger partial charge on any atom is -0.366 e. The second-order valence-corrected chi connectivity index (χ2v) is 5.47. The summed E-state index contributed by atoms with van der Waals surface area (Å²) in [4.78, 5) is 24.8. The zero-order chi connectivity index (χ0) is 14.6. The van der Waals surface area contributed by atoms with Gasteiger partial charge in [-0.05, 0) is 36.2 Å². The van der Waals surface area contributed by atoms with Gasteiger partial charge in [0.2, 0.25) is 5.91 Å². The topological polar surface area (TPSA) is 89.4 Å². The SMILES string of the molecule is CN(CC(C)(C)CN)C(=O)c1ccc(C(N)=O)cc1. The maximum atomic E-state index is 12.2. The molecule has 2 amide bonds. The van der Waals surface area contributed by atoms with Crippen molar-refractivity contribution in [3.05, 3.63) is 35.4 Å². The van der Waals surface area contributed by atoms with Crippen LogP contribution in [0.1, 0.15) is 34.6 Å². The van der Waals surface area contributed by atoms with Crippen LogP contribution in [-0.4, -0.2) is 36.9 Å². The number of hydrogen-bond acceptors (Lipinski definition) is 3. The highest BCUT2D eigenvalue weighted by Gasteiger charge is 2.21. The predicted octanol–water partition coefficient (Wildman–Crippen LogP) is 0.842. The van der Waals surface area contributed by atoms with Crippen LogP contribution in [0.3, 0.4) is 0 Å². The molecule has 1 aromatic rings. The fourth-order valence-electron chi connectivity index (χ4n) is 1.78. The fraction of sp³-hybridized carbons (Fsp3) is 0.429. The Kier molecular flexibility index (Phi) is 4.67. The van der Waals surface area contributed by atoms with E-state index in [0.29, 0.717) is 24.2 Å². The van der Waals surface area contributed by atoms with Crippen molar-refractivity contribution in [2.75, 3.05) is 20.1 Å². The summed E-state index contributed by atoms with van der Waals surface area (Å²) in [5.41, 5.74) is 11.6. The van der Waals surface area contributed by atoms with E-state index in [1.165, 1.54) is 0 Å². The first-order valence-electron chi connectivity index (χ1n) is 6.12. The molecule has 19 heavy (non-hydrogen) atoms. The Balaban J connectivity index is 2.80. The van der Waals surface area contributed by atoms with Gasteiger partial charge in [-0.25, -0.2) is 0 Å². The van der Waals surface area contributed by atoms with Gasteiger partial charge in [0, 0.05) is 24.7 Å². The second-order valence-electron chi connectivity index (χ2n) is 5.47. The van der Waals surface area contributed by atoms with Crippen LogP contribution in [0, 0.1) is 5.41 Å². The number of rotatable bonds is 5. The van der Waals surface area contributed by atoms with Crippen LogP contribution in [0.5, 0.6) is 0 Å². The summed E-state index contributed by atoms with van der Waals surface area (Å²) < 4.78 is 0. The lowest BCUT2D eigenvalue weighted by Gasteiger charge is -2.29. The summed E-state index contributed by atoms with van der Waals surface area (Å²) in [5, 5.41) is 0. The van der Waals surface area contributed by atoms with E-state index in [0.717, 1.165) is 0 Å². The van der Waals surface area contributed by atoms with Crippen LogP contribution in [0.25, 0.3) is 0 Å². The summed E-state index contributed by atoms with van der Waals surface area (Å²) in [5.74, 6) is -0.603. The Bertz CT molecular complexity index is 466. The number of nitrogens with two attached hydrogens (primary N) is 2. The van der Waals surface area contributed by atoms with Gasteiger partial charge in [-0.15, -0.1) is 0 Å². The molecule has 1 rings (SSSR count). The van der Waals surface area contributed by atoms with E-state index in [-0.39, 0.29) is 11.3 Å². The molecule has 5 heteroatoms. The van der Waals surface area contributed by atoms with Crippen LogP contribution in [0.2, 0.25) is 0 Å². The molecular weight excluding hydrogens is 242 g/mol. The Morgan fingerprint density at radius 3 is 2.05 bits per heavy atom. The lowest BCUT2D eigenvalue weighted by atomic mass is 9.93. The molecule has 0 aliphatic carbocycles. The number of nitrogens with zero attached hydrogens (tertiary/aromatic N) is 1. The third kappa shape index (κ3) is 4.06. The van der Waals surface area contributed by atoms with Crippen LogP contribution in [0.4, 0.5) is 0 Å². The minimum absolute atomic E-state index is 0.0995. The minimum atomic E-state index is -0.503. The average Bonchev–Trinajstić information content (AvgIpc) is 2.37. The second kappa shape index (κ2) is 5.84. The smallest absolute Gasteiger partial charge is 0.253 e. The highest BCUT2D eigenvalue weighted by Crippen LogP contribution is 2.16. The van der Waals surface area contributed by atoms with Crippen molar-refractivity contribution in [1.29, 1.82) is 0 Å².